The quantitative estimate of drug-likeness (QED) is 0.712. The van der Waals surface area contributed by atoms with E-state index in [9.17, 15) is 15.0 Å². The molecule has 0 saturated carbocycles. The number of carboxylic acids is 1. The number of fused-ring (bicyclic) bond motifs is 1. The van der Waals surface area contributed by atoms with Crippen LogP contribution in [0.1, 0.15) is 46.8 Å². The Labute approximate surface area is 105 Å². The summed E-state index contributed by atoms with van der Waals surface area (Å²) in [6.07, 6.45) is -0.0364. The Morgan fingerprint density at radius 2 is 1.89 bits per heavy atom. The minimum Gasteiger partial charge on any atom is -0.507 e. The fourth-order valence-electron chi connectivity index (χ4n) is 2.49. The first-order valence-electron chi connectivity index (χ1n) is 5.78. The maximum absolute atomic E-state index is 11.1. The van der Waals surface area contributed by atoms with Crippen molar-refractivity contribution in [3.05, 3.63) is 22.3 Å². The van der Waals surface area contributed by atoms with Crippen LogP contribution in [-0.4, -0.2) is 27.4 Å². The first-order valence-corrected chi connectivity index (χ1v) is 5.78. The van der Waals surface area contributed by atoms with Crippen molar-refractivity contribution in [2.75, 3.05) is 0 Å². The molecule has 0 bridgehead atoms. The van der Waals surface area contributed by atoms with Crippen molar-refractivity contribution in [2.24, 2.45) is 0 Å². The maximum atomic E-state index is 11.1. The molecule has 18 heavy (non-hydrogen) atoms. The molecule has 0 aliphatic carbocycles. The van der Waals surface area contributed by atoms with Gasteiger partial charge in [-0.3, -0.25) is 0 Å². The third kappa shape index (κ3) is 1.62. The normalized spacial score (nSPS) is 22.6. The third-order valence-electron chi connectivity index (χ3n) is 3.71. The number of aromatic hydroxyl groups is 2. The lowest BCUT2D eigenvalue weighted by atomic mass is 9.84. The van der Waals surface area contributed by atoms with E-state index in [-0.39, 0.29) is 30.1 Å². The molecule has 0 radical (unpaired) electrons. The van der Waals surface area contributed by atoms with Crippen molar-refractivity contribution in [3.8, 4) is 11.5 Å². The first kappa shape index (κ1) is 12.7. The van der Waals surface area contributed by atoms with Gasteiger partial charge in [0.05, 0.1) is 12.7 Å². The number of carboxylic acid groups (broad SMARTS) is 1. The second-order valence-corrected chi connectivity index (χ2v) is 4.70. The van der Waals surface area contributed by atoms with Gasteiger partial charge >= 0.3 is 5.97 Å². The van der Waals surface area contributed by atoms with Crippen LogP contribution in [0.3, 0.4) is 0 Å². The SMILES string of the molecule is Cc1c(O)c(C(=O)O)c(O)c2c1[C@H](C)[C@H](C)OC2. The van der Waals surface area contributed by atoms with Crippen molar-refractivity contribution in [2.45, 2.75) is 39.4 Å². The number of benzene rings is 1. The fraction of sp³-hybridized carbons (Fsp3) is 0.462. The Bertz CT molecular complexity index is 521. The van der Waals surface area contributed by atoms with E-state index in [1.54, 1.807) is 6.92 Å². The highest BCUT2D eigenvalue weighted by molar-refractivity contribution is 5.95. The highest BCUT2D eigenvalue weighted by Gasteiger charge is 2.32. The molecule has 0 fully saturated rings. The molecule has 2 atom stereocenters. The van der Waals surface area contributed by atoms with Gasteiger partial charge in [-0.05, 0) is 25.0 Å². The molecule has 5 heteroatoms. The van der Waals surface area contributed by atoms with Gasteiger partial charge in [0.25, 0.3) is 0 Å². The van der Waals surface area contributed by atoms with Gasteiger partial charge in [0.1, 0.15) is 17.1 Å². The maximum Gasteiger partial charge on any atom is 0.343 e. The lowest BCUT2D eigenvalue weighted by Gasteiger charge is -2.31. The molecule has 0 amide bonds. The van der Waals surface area contributed by atoms with E-state index in [4.69, 9.17) is 9.84 Å². The van der Waals surface area contributed by atoms with Crippen LogP contribution in [0.4, 0.5) is 0 Å². The van der Waals surface area contributed by atoms with Gasteiger partial charge in [0, 0.05) is 11.5 Å². The average molecular weight is 252 g/mol. The highest BCUT2D eigenvalue weighted by Crippen LogP contribution is 2.44. The van der Waals surface area contributed by atoms with Crippen molar-refractivity contribution >= 4 is 5.97 Å². The van der Waals surface area contributed by atoms with Gasteiger partial charge in [0.15, 0.2) is 0 Å². The zero-order valence-electron chi connectivity index (χ0n) is 10.5. The summed E-state index contributed by atoms with van der Waals surface area (Å²) < 4.78 is 5.49. The van der Waals surface area contributed by atoms with Crippen molar-refractivity contribution in [1.29, 1.82) is 0 Å². The Kier molecular flexibility index (Phi) is 2.94. The number of hydrogen-bond donors (Lipinski definition) is 3. The van der Waals surface area contributed by atoms with E-state index in [1.807, 2.05) is 13.8 Å². The van der Waals surface area contributed by atoms with E-state index in [2.05, 4.69) is 0 Å². The zero-order valence-corrected chi connectivity index (χ0v) is 10.5. The number of phenols is 2. The van der Waals surface area contributed by atoms with Crippen LogP contribution >= 0.6 is 0 Å². The molecule has 98 valence electrons. The van der Waals surface area contributed by atoms with E-state index < -0.39 is 11.5 Å². The van der Waals surface area contributed by atoms with Crippen molar-refractivity contribution < 1.29 is 24.9 Å². The Morgan fingerprint density at radius 1 is 1.28 bits per heavy atom. The van der Waals surface area contributed by atoms with Gasteiger partial charge in [-0.25, -0.2) is 4.79 Å². The first-order chi connectivity index (χ1) is 8.36. The van der Waals surface area contributed by atoms with Crippen LogP contribution in [0.2, 0.25) is 0 Å². The molecular weight excluding hydrogens is 236 g/mol. The summed E-state index contributed by atoms with van der Waals surface area (Å²) in [5.74, 6) is -2.10. The molecule has 1 heterocycles. The Hall–Kier alpha value is -1.75. The Balaban J connectivity index is 2.77. The summed E-state index contributed by atoms with van der Waals surface area (Å²) >= 11 is 0. The second kappa shape index (κ2) is 4.17. The van der Waals surface area contributed by atoms with Crippen LogP contribution in [0.15, 0.2) is 0 Å². The molecule has 1 aromatic rings. The van der Waals surface area contributed by atoms with Crippen LogP contribution < -0.4 is 0 Å². The minimum absolute atomic E-state index is 0.00612. The molecule has 3 N–H and O–H groups in total. The monoisotopic (exact) mass is 252 g/mol. The molecule has 1 aliphatic rings. The molecule has 0 spiro atoms. The van der Waals surface area contributed by atoms with Gasteiger partial charge < -0.3 is 20.1 Å². The smallest absolute Gasteiger partial charge is 0.343 e. The molecule has 2 rings (SSSR count). The zero-order chi connectivity index (χ0) is 13.6. The molecule has 1 aliphatic heterocycles. The van der Waals surface area contributed by atoms with E-state index in [1.165, 1.54) is 0 Å². The predicted molar refractivity (Wildman–Crippen MR) is 64.1 cm³/mol. The predicted octanol–water partition coefficient (Wildman–Crippen LogP) is 2.13. The standard InChI is InChI=1S/C13H16O5/c1-5-7(3)18-4-8-9(5)6(2)11(14)10(12(8)15)13(16)17/h5,7,14-15H,4H2,1-3H3,(H,16,17)/t5-,7+/m1/s1. The van der Waals surface area contributed by atoms with Gasteiger partial charge in [-0.2, -0.15) is 0 Å². The molecule has 1 aromatic carbocycles. The van der Waals surface area contributed by atoms with Crippen LogP contribution in [0, 0.1) is 6.92 Å². The van der Waals surface area contributed by atoms with Gasteiger partial charge in [-0.1, -0.05) is 6.92 Å². The molecule has 5 nitrogen and oxygen atoms in total. The second-order valence-electron chi connectivity index (χ2n) is 4.70. The largest absolute Gasteiger partial charge is 0.507 e. The average Bonchev–Trinajstić information content (AvgIpc) is 2.29. The van der Waals surface area contributed by atoms with Crippen LogP contribution in [0.5, 0.6) is 11.5 Å². The van der Waals surface area contributed by atoms with E-state index in [0.29, 0.717) is 11.1 Å². The molecule has 0 saturated heterocycles. The van der Waals surface area contributed by atoms with E-state index in [0.717, 1.165) is 5.56 Å². The highest BCUT2D eigenvalue weighted by atomic mass is 16.5. The van der Waals surface area contributed by atoms with Crippen LogP contribution in [-0.2, 0) is 11.3 Å². The third-order valence-corrected chi connectivity index (χ3v) is 3.71. The Morgan fingerprint density at radius 3 is 2.44 bits per heavy atom. The summed E-state index contributed by atoms with van der Waals surface area (Å²) in [6, 6.07) is 0. The number of carbonyl (C=O) groups is 1. The van der Waals surface area contributed by atoms with Crippen LogP contribution in [0.25, 0.3) is 0 Å². The lowest BCUT2D eigenvalue weighted by molar-refractivity contribution is 0.0223. The van der Waals surface area contributed by atoms with Gasteiger partial charge in [0.2, 0.25) is 0 Å². The summed E-state index contributed by atoms with van der Waals surface area (Å²) in [5.41, 5.74) is 1.31. The molecule has 0 aromatic heterocycles. The van der Waals surface area contributed by atoms with E-state index >= 15 is 0 Å². The molecule has 0 unspecified atom stereocenters. The number of hydrogen-bond acceptors (Lipinski definition) is 4. The summed E-state index contributed by atoms with van der Waals surface area (Å²) in [6.45, 7) is 5.66. The summed E-state index contributed by atoms with van der Waals surface area (Å²) in [7, 11) is 0. The summed E-state index contributed by atoms with van der Waals surface area (Å²) in [5, 5.41) is 29.0. The number of rotatable bonds is 1. The van der Waals surface area contributed by atoms with Crippen molar-refractivity contribution in [3.63, 3.8) is 0 Å². The number of aromatic carboxylic acids is 1. The van der Waals surface area contributed by atoms with Gasteiger partial charge in [-0.15, -0.1) is 0 Å². The summed E-state index contributed by atoms with van der Waals surface area (Å²) in [4.78, 5) is 11.1. The number of ether oxygens (including phenoxy) is 1. The lowest BCUT2D eigenvalue weighted by Crippen LogP contribution is -2.25. The topological polar surface area (TPSA) is 87.0 Å². The van der Waals surface area contributed by atoms with Crippen molar-refractivity contribution in [1.82, 2.24) is 0 Å². The fourth-order valence-corrected chi connectivity index (χ4v) is 2.49. The molecular formula is C13H16O5. The minimum atomic E-state index is -1.35.